The molecule has 7 nitrogen and oxygen atoms in total. The van der Waals surface area contributed by atoms with E-state index in [0.29, 0.717) is 16.7 Å². The second-order valence-electron chi connectivity index (χ2n) is 4.80. The molecule has 23 heavy (non-hydrogen) atoms. The number of aromatic nitrogens is 4. The highest BCUT2D eigenvalue weighted by atomic mass is 32.1. The van der Waals surface area contributed by atoms with Crippen molar-refractivity contribution in [1.82, 2.24) is 25.1 Å². The van der Waals surface area contributed by atoms with Crippen LogP contribution in [0.5, 0.6) is 0 Å². The van der Waals surface area contributed by atoms with Gasteiger partial charge in [-0.1, -0.05) is 18.3 Å². The fourth-order valence-corrected chi connectivity index (χ4v) is 3.63. The zero-order valence-electron chi connectivity index (χ0n) is 12.7. The summed E-state index contributed by atoms with van der Waals surface area (Å²) in [6.07, 6.45) is 4.54. The fourth-order valence-electron chi connectivity index (χ4n) is 1.95. The van der Waals surface area contributed by atoms with E-state index < -0.39 is 0 Å². The van der Waals surface area contributed by atoms with Gasteiger partial charge >= 0.3 is 6.03 Å². The number of rotatable bonds is 5. The molecule has 0 bridgehead atoms. The predicted molar refractivity (Wildman–Crippen MR) is 91.7 cm³/mol. The minimum absolute atomic E-state index is 0.293. The largest absolute Gasteiger partial charge is 0.333 e. The van der Waals surface area contributed by atoms with Crippen molar-refractivity contribution in [3.8, 4) is 10.8 Å². The molecule has 0 atom stereocenters. The van der Waals surface area contributed by atoms with Crippen LogP contribution in [0.1, 0.15) is 16.7 Å². The summed E-state index contributed by atoms with van der Waals surface area (Å²) in [6, 6.07) is 3.83. The Hall–Kier alpha value is -2.26. The van der Waals surface area contributed by atoms with E-state index in [4.69, 9.17) is 0 Å². The van der Waals surface area contributed by atoms with Crippen LogP contribution in [0.4, 0.5) is 9.93 Å². The Morgan fingerprint density at radius 2 is 2.09 bits per heavy atom. The lowest BCUT2D eigenvalue weighted by atomic mass is 10.4. The zero-order valence-corrected chi connectivity index (χ0v) is 14.4. The van der Waals surface area contributed by atoms with Crippen LogP contribution in [0.15, 0.2) is 24.5 Å². The van der Waals surface area contributed by atoms with Crippen molar-refractivity contribution in [2.24, 2.45) is 7.05 Å². The van der Waals surface area contributed by atoms with Crippen LogP contribution in [0, 0.1) is 0 Å². The van der Waals surface area contributed by atoms with Crippen molar-refractivity contribution in [2.45, 2.75) is 19.9 Å². The number of hydrogen-bond donors (Lipinski definition) is 2. The summed E-state index contributed by atoms with van der Waals surface area (Å²) in [4.78, 5) is 18.6. The van der Waals surface area contributed by atoms with Gasteiger partial charge in [0.05, 0.1) is 6.54 Å². The number of urea groups is 1. The van der Waals surface area contributed by atoms with E-state index in [-0.39, 0.29) is 6.03 Å². The third kappa shape index (κ3) is 3.74. The molecule has 0 aromatic carbocycles. The molecule has 0 aliphatic heterocycles. The lowest BCUT2D eigenvalue weighted by molar-refractivity contribution is 0.252. The van der Waals surface area contributed by atoms with Crippen molar-refractivity contribution in [1.29, 1.82) is 0 Å². The number of anilines is 1. The molecule has 3 rings (SSSR count). The van der Waals surface area contributed by atoms with Crippen molar-refractivity contribution in [3.63, 3.8) is 0 Å². The van der Waals surface area contributed by atoms with E-state index in [9.17, 15) is 4.79 Å². The van der Waals surface area contributed by atoms with E-state index in [0.717, 1.165) is 17.1 Å². The van der Waals surface area contributed by atoms with Crippen LogP contribution in [-0.2, 0) is 20.0 Å². The molecule has 3 heterocycles. The van der Waals surface area contributed by atoms with E-state index in [1.807, 2.05) is 23.9 Å². The second kappa shape index (κ2) is 6.88. The Morgan fingerprint density at radius 3 is 2.78 bits per heavy atom. The maximum Gasteiger partial charge on any atom is 0.321 e. The molecular formula is C14H16N6OS2. The van der Waals surface area contributed by atoms with Crippen LogP contribution >= 0.6 is 22.7 Å². The molecule has 0 saturated heterocycles. The van der Waals surface area contributed by atoms with Crippen LogP contribution in [0.25, 0.3) is 10.8 Å². The minimum atomic E-state index is -0.293. The number of nitrogens with zero attached hydrogens (tertiary/aromatic N) is 4. The summed E-state index contributed by atoms with van der Waals surface area (Å²) in [5, 5.41) is 14.6. The van der Waals surface area contributed by atoms with E-state index in [1.165, 1.54) is 16.2 Å². The Kier molecular flexibility index (Phi) is 4.68. The first-order chi connectivity index (χ1) is 11.2. The topological polar surface area (TPSA) is 84.7 Å². The zero-order chi connectivity index (χ0) is 16.2. The standard InChI is InChI=1S/C14H16N6OS2/c1-3-9-4-5-10(22-9)8-16-13(21)17-14-19-18-12(23-14)11-15-6-7-20(11)2/h4-7H,3,8H2,1-2H3,(H2,16,17,19,21). The number of imidazole rings is 1. The Bertz CT molecular complexity index is 806. The highest BCUT2D eigenvalue weighted by Crippen LogP contribution is 2.24. The highest BCUT2D eigenvalue weighted by Gasteiger charge is 2.12. The van der Waals surface area contributed by atoms with Gasteiger partial charge < -0.3 is 9.88 Å². The molecule has 2 amide bonds. The molecule has 0 fully saturated rings. The van der Waals surface area contributed by atoms with Gasteiger partial charge in [-0.25, -0.2) is 9.78 Å². The number of aryl methyl sites for hydroxylation is 2. The summed E-state index contributed by atoms with van der Waals surface area (Å²) < 4.78 is 1.85. The Morgan fingerprint density at radius 1 is 1.26 bits per heavy atom. The summed E-state index contributed by atoms with van der Waals surface area (Å²) in [5.41, 5.74) is 0. The fraction of sp³-hybridized carbons (Fsp3) is 0.286. The second-order valence-corrected chi connectivity index (χ2v) is 7.03. The quantitative estimate of drug-likeness (QED) is 0.742. The summed E-state index contributed by atoms with van der Waals surface area (Å²) in [7, 11) is 1.88. The lowest BCUT2D eigenvalue weighted by Gasteiger charge is -2.03. The lowest BCUT2D eigenvalue weighted by Crippen LogP contribution is -2.27. The monoisotopic (exact) mass is 348 g/mol. The van der Waals surface area contributed by atoms with E-state index in [2.05, 4.69) is 38.8 Å². The third-order valence-corrected chi connectivity index (χ3v) is 5.21. The molecule has 9 heteroatoms. The van der Waals surface area contributed by atoms with Gasteiger partial charge in [-0.2, -0.15) is 0 Å². The SMILES string of the molecule is CCc1ccc(CNC(=O)Nc2nnc(-c3nccn3C)s2)s1. The number of amides is 2. The van der Waals surface area contributed by atoms with Gasteiger partial charge in [0.1, 0.15) is 0 Å². The number of carbonyl (C=O) groups excluding carboxylic acids is 1. The molecule has 0 saturated carbocycles. The van der Waals surface area contributed by atoms with E-state index >= 15 is 0 Å². The molecule has 0 aliphatic rings. The Balaban J connectivity index is 1.56. The first kappa shape index (κ1) is 15.6. The molecule has 0 spiro atoms. The van der Waals surface area contributed by atoms with Crippen LogP contribution in [0.3, 0.4) is 0 Å². The van der Waals surface area contributed by atoms with Crippen molar-refractivity contribution in [3.05, 3.63) is 34.3 Å². The molecule has 0 unspecified atom stereocenters. The van der Waals surface area contributed by atoms with Crippen molar-refractivity contribution < 1.29 is 4.79 Å². The van der Waals surface area contributed by atoms with Gasteiger partial charge in [-0.15, -0.1) is 21.5 Å². The minimum Gasteiger partial charge on any atom is -0.333 e. The molecule has 120 valence electrons. The third-order valence-electron chi connectivity index (χ3n) is 3.15. The van der Waals surface area contributed by atoms with Crippen LogP contribution in [0.2, 0.25) is 0 Å². The molecule has 3 aromatic heterocycles. The summed E-state index contributed by atoms with van der Waals surface area (Å²) in [5.74, 6) is 0.724. The maximum absolute atomic E-state index is 11.9. The molecule has 0 aliphatic carbocycles. The van der Waals surface area contributed by atoms with Gasteiger partial charge in [-0.05, 0) is 18.6 Å². The van der Waals surface area contributed by atoms with Gasteiger partial charge in [0, 0.05) is 29.2 Å². The molecule has 0 radical (unpaired) electrons. The first-order valence-corrected chi connectivity index (χ1v) is 8.72. The highest BCUT2D eigenvalue weighted by molar-refractivity contribution is 7.18. The van der Waals surface area contributed by atoms with Crippen molar-refractivity contribution >= 4 is 33.8 Å². The average Bonchev–Trinajstić information content (AvgIpc) is 3.25. The van der Waals surface area contributed by atoms with Crippen molar-refractivity contribution in [2.75, 3.05) is 5.32 Å². The van der Waals surface area contributed by atoms with Gasteiger partial charge in [0.25, 0.3) is 0 Å². The molecular weight excluding hydrogens is 332 g/mol. The number of nitrogens with one attached hydrogen (secondary N) is 2. The average molecular weight is 348 g/mol. The predicted octanol–water partition coefficient (Wildman–Crippen LogP) is 2.88. The van der Waals surface area contributed by atoms with E-state index in [1.54, 1.807) is 17.5 Å². The van der Waals surface area contributed by atoms with Gasteiger partial charge in [-0.3, -0.25) is 5.32 Å². The molecule has 2 N–H and O–H groups in total. The summed E-state index contributed by atoms with van der Waals surface area (Å²) >= 11 is 2.99. The van der Waals surface area contributed by atoms with Crippen LogP contribution < -0.4 is 10.6 Å². The number of thiophene rings is 1. The number of carbonyl (C=O) groups is 1. The number of hydrogen-bond acceptors (Lipinski definition) is 6. The summed E-state index contributed by atoms with van der Waals surface area (Å²) in [6.45, 7) is 2.62. The molecule has 3 aromatic rings. The smallest absolute Gasteiger partial charge is 0.321 e. The maximum atomic E-state index is 11.9. The van der Waals surface area contributed by atoms with Gasteiger partial charge in [0.2, 0.25) is 5.13 Å². The Labute approximate surface area is 141 Å². The normalized spacial score (nSPS) is 10.7. The van der Waals surface area contributed by atoms with Gasteiger partial charge in [0.15, 0.2) is 10.8 Å². The first-order valence-electron chi connectivity index (χ1n) is 7.09. The van der Waals surface area contributed by atoms with Crippen LogP contribution in [-0.4, -0.2) is 25.8 Å².